The molecule has 0 amide bonds. The van der Waals surface area contributed by atoms with Crippen LogP contribution in [0.4, 0.5) is 14.5 Å². The van der Waals surface area contributed by atoms with Gasteiger partial charge in [0.1, 0.15) is 12.7 Å². The Morgan fingerprint density at radius 2 is 2.24 bits per heavy atom. The van der Waals surface area contributed by atoms with Crippen LogP contribution < -0.4 is 5.32 Å². The molecule has 0 radical (unpaired) electrons. The topological polar surface area (TPSA) is 45.0 Å². The second-order valence-electron chi connectivity index (χ2n) is 3.19. The first-order valence-corrected chi connectivity index (χ1v) is 5.72. The summed E-state index contributed by atoms with van der Waals surface area (Å²) in [6.45, 7) is -0.0125. The fourth-order valence-electron chi connectivity index (χ4n) is 1.19. The Hall–Kier alpha value is -1.19. The number of rotatable bonds is 6. The molecule has 3 nitrogen and oxygen atoms in total. The predicted molar refractivity (Wildman–Crippen MR) is 64.2 cm³/mol. The van der Waals surface area contributed by atoms with E-state index >= 15 is 0 Å². The molecule has 1 N–H and O–H groups in total. The Morgan fingerprint density at radius 1 is 1.47 bits per heavy atom. The van der Waals surface area contributed by atoms with Crippen molar-refractivity contribution in [2.24, 2.45) is 0 Å². The van der Waals surface area contributed by atoms with Crippen LogP contribution in [0.3, 0.4) is 0 Å². The van der Waals surface area contributed by atoms with Crippen LogP contribution in [0.25, 0.3) is 0 Å². The largest absolute Gasteiger partial charge is 0.382 e. The van der Waals surface area contributed by atoms with Gasteiger partial charge < -0.3 is 10.1 Å². The van der Waals surface area contributed by atoms with Crippen molar-refractivity contribution in [2.75, 3.05) is 25.1 Å². The van der Waals surface area contributed by atoms with Gasteiger partial charge in [-0.3, -0.25) is 0 Å². The molecule has 0 saturated carbocycles. The van der Waals surface area contributed by atoms with E-state index < -0.39 is 13.0 Å². The third-order valence-electron chi connectivity index (χ3n) is 1.91. The quantitative estimate of drug-likeness (QED) is 0.822. The van der Waals surface area contributed by atoms with Gasteiger partial charge in [-0.2, -0.15) is 5.26 Å². The standard InChI is InChI=1S/C11H11BrF2N2O/c12-9-1-2-10(8(5-9)6-15)16-3-4-17-7-11(13)14/h1-2,5,11,16H,3-4,7H2. The molecule has 0 aliphatic carbocycles. The third kappa shape index (κ3) is 5.11. The lowest BCUT2D eigenvalue weighted by atomic mass is 10.2. The average Bonchev–Trinajstić information content (AvgIpc) is 2.29. The molecule has 0 aliphatic heterocycles. The molecule has 0 atom stereocenters. The van der Waals surface area contributed by atoms with E-state index in [9.17, 15) is 8.78 Å². The maximum atomic E-state index is 11.8. The molecule has 0 fully saturated rings. The first-order chi connectivity index (χ1) is 8.13. The van der Waals surface area contributed by atoms with E-state index in [1.165, 1.54) is 0 Å². The summed E-state index contributed by atoms with van der Waals surface area (Å²) >= 11 is 3.26. The summed E-state index contributed by atoms with van der Waals surface area (Å²) in [6, 6.07) is 7.27. The van der Waals surface area contributed by atoms with Crippen molar-refractivity contribution in [1.82, 2.24) is 0 Å². The monoisotopic (exact) mass is 304 g/mol. The van der Waals surface area contributed by atoms with Crippen molar-refractivity contribution < 1.29 is 13.5 Å². The second-order valence-corrected chi connectivity index (χ2v) is 4.11. The molecular weight excluding hydrogens is 294 g/mol. The number of hydrogen-bond acceptors (Lipinski definition) is 3. The van der Waals surface area contributed by atoms with Crippen LogP contribution in [-0.2, 0) is 4.74 Å². The highest BCUT2D eigenvalue weighted by Crippen LogP contribution is 2.19. The zero-order valence-electron chi connectivity index (χ0n) is 8.92. The lowest BCUT2D eigenvalue weighted by Gasteiger charge is -2.08. The van der Waals surface area contributed by atoms with Gasteiger partial charge in [-0.25, -0.2) is 8.78 Å². The molecule has 17 heavy (non-hydrogen) atoms. The van der Waals surface area contributed by atoms with E-state index in [0.717, 1.165) is 4.47 Å². The molecular formula is C11H11BrF2N2O. The summed E-state index contributed by atoms with van der Waals surface area (Å²) in [5.74, 6) is 0. The highest BCUT2D eigenvalue weighted by Gasteiger charge is 2.03. The third-order valence-corrected chi connectivity index (χ3v) is 2.40. The minimum atomic E-state index is -2.45. The SMILES string of the molecule is N#Cc1cc(Br)ccc1NCCOCC(F)F. The van der Waals surface area contributed by atoms with E-state index in [0.29, 0.717) is 17.8 Å². The molecule has 1 rings (SSSR count). The number of ether oxygens (including phenoxy) is 1. The Kier molecular flexibility index (Phi) is 5.87. The Labute approximate surface area is 107 Å². The predicted octanol–water partition coefficient (Wildman–Crippen LogP) is 3.01. The fraction of sp³-hybridized carbons (Fsp3) is 0.364. The van der Waals surface area contributed by atoms with Gasteiger partial charge in [-0.15, -0.1) is 0 Å². The minimum absolute atomic E-state index is 0.172. The number of halogens is 3. The van der Waals surface area contributed by atoms with Crippen molar-refractivity contribution in [3.63, 3.8) is 0 Å². The van der Waals surface area contributed by atoms with Crippen LogP contribution in [0.15, 0.2) is 22.7 Å². The molecule has 0 heterocycles. The van der Waals surface area contributed by atoms with Gasteiger partial charge in [-0.05, 0) is 18.2 Å². The molecule has 0 saturated heterocycles. The van der Waals surface area contributed by atoms with Crippen LogP contribution in [-0.4, -0.2) is 26.2 Å². The molecule has 0 spiro atoms. The number of hydrogen-bond donors (Lipinski definition) is 1. The van der Waals surface area contributed by atoms with E-state index in [2.05, 4.69) is 21.2 Å². The first kappa shape index (κ1) is 13.9. The van der Waals surface area contributed by atoms with Gasteiger partial charge in [0, 0.05) is 11.0 Å². The van der Waals surface area contributed by atoms with Gasteiger partial charge in [-0.1, -0.05) is 15.9 Å². The lowest BCUT2D eigenvalue weighted by molar-refractivity contribution is 0.0215. The van der Waals surface area contributed by atoms with Crippen LogP contribution in [0.1, 0.15) is 5.56 Å². The van der Waals surface area contributed by atoms with E-state index in [1.54, 1.807) is 18.2 Å². The summed E-state index contributed by atoms with van der Waals surface area (Å²) < 4.78 is 29.0. The van der Waals surface area contributed by atoms with Crippen molar-refractivity contribution >= 4 is 21.6 Å². The van der Waals surface area contributed by atoms with E-state index in [4.69, 9.17) is 10.00 Å². The van der Waals surface area contributed by atoms with Crippen LogP contribution >= 0.6 is 15.9 Å². The second kappa shape index (κ2) is 7.20. The molecule has 0 unspecified atom stereocenters. The van der Waals surface area contributed by atoms with Crippen molar-refractivity contribution in [1.29, 1.82) is 5.26 Å². The molecule has 0 bridgehead atoms. The first-order valence-electron chi connectivity index (χ1n) is 4.93. The lowest BCUT2D eigenvalue weighted by Crippen LogP contribution is -2.13. The smallest absolute Gasteiger partial charge is 0.261 e. The maximum absolute atomic E-state index is 11.8. The van der Waals surface area contributed by atoms with Crippen LogP contribution in [0.5, 0.6) is 0 Å². The van der Waals surface area contributed by atoms with E-state index in [1.807, 2.05) is 6.07 Å². The Balaban J connectivity index is 2.39. The van der Waals surface area contributed by atoms with Gasteiger partial charge in [0.15, 0.2) is 0 Å². The van der Waals surface area contributed by atoms with Crippen molar-refractivity contribution in [3.8, 4) is 6.07 Å². The highest BCUT2D eigenvalue weighted by molar-refractivity contribution is 9.10. The molecule has 92 valence electrons. The van der Waals surface area contributed by atoms with Gasteiger partial charge >= 0.3 is 0 Å². The summed E-state index contributed by atoms with van der Waals surface area (Å²) in [7, 11) is 0. The average molecular weight is 305 g/mol. The maximum Gasteiger partial charge on any atom is 0.261 e. The zero-order valence-corrected chi connectivity index (χ0v) is 10.5. The molecule has 0 aromatic heterocycles. The van der Waals surface area contributed by atoms with Gasteiger partial charge in [0.2, 0.25) is 0 Å². The highest BCUT2D eigenvalue weighted by atomic mass is 79.9. The fourth-order valence-corrected chi connectivity index (χ4v) is 1.55. The molecule has 1 aromatic rings. The molecule has 6 heteroatoms. The summed E-state index contributed by atoms with van der Waals surface area (Å²) in [5, 5.41) is 11.8. The normalized spacial score (nSPS) is 10.3. The van der Waals surface area contributed by atoms with Crippen LogP contribution in [0, 0.1) is 11.3 Å². The van der Waals surface area contributed by atoms with Gasteiger partial charge in [0.25, 0.3) is 6.43 Å². The molecule has 0 aliphatic rings. The Morgan fingerprint density at radius 3 is 2.88 bits per heavy atom. The summed E-state index contributed by atoms with van der Waals surface area (Å²) in [4.78, 5) is 0. The number of nitrogens with one attached hydrogen (secondary N) is 1. The van der Waals surface area contributed by atoms with Crippen LogP contribution in [0.2, 0.25) is 0 Å². The summed E-state index contributed by atoms with van der Waals surface area (Å²) in [5.41, 5.74) is 1.16. The Bertz CT molecular complexity index is 407. The number of nitriles is 1. The van der Waals surface area contributed by atoms with Crippen molar-refractivity contribution in [2.45, 2.75) is 6.43 Å². The summed E-state index contributed by atoms with van der Waals surface area (Å²) in [6.07, 6.45) is -2.45. The number of alkyl halides is 2. The number of anilines is 1. The van der Waals surface area contributed by atoms with E-state index in [-0.39, 0.29) is 6.61 Å². The minimum Gasteiger partial charge on any atom is -0.382 e. The van der Waals surface area contributed by atoms with Gasteiger partial charge in [0.05, 0.1) is 17.9 Å². The molecule has 1 aromatic carbocycles. The zero-order chi connectivity index (χ0) is 12.7. The number of benzene rings is 1. The van der Waals surface area contributed by atoms with Crippen molar-refractivity contribution in [3.05, 3.63) is 28.2 Å². The number of nitrogens with zero attached hydrogens (tertiary/aromatic N) is 1.